The smallest absolute Gasteiger partial charge is 0.270 e. The Morgan fingerprint density at radius 1 is 1.50 bits per heavy atom. The lowest BCUT2D eigenvalue weighted by Crippen LogP contribution is -2.48. The van der Waals surface area contributed by atoms with Gasteiger partial charge in [0.2, 0.25) is 0 Å². The van der Waals surface area contributed by atoms with E-state index in [0.29, 0.717) is 17.8 Å². The topological polar surface area (TPSA) is 49.6 Å². The second-order valence-corrected chi connectivity index (χ2v) is 3.81. The van der Waals surface area contributed by atoms with Gasteiger partial charge in [-0.15, -0.1) is 0 Å². The van der Waals surface area contributed by atoms with E-state index in [9.17, 15) is 9.18 Å². The monoisotopic (exact) mass is 223 g/mol. The Hall–Kier alpha value is -1.62. The van der Waals surface area contributed by atoms with E-state index < -0.39 is 6.67 Å². The molecule has 0 aromatic heterocycles. The molecule has 0 saturated heterocycles. The second kappa shape index (κ2) is 4.09. The van der Waals surface area contributed by atoms with Crippen LogP contribution in [0.15, 0.2) is 18.2 Å². The van der Waals surface area contributed by atoms with Crippen molar-refractivity contribution in [3.8, 4) is 0 Å². The van der Waals surface area contributed by atoms with Crippen LogP contribution in [0.25, 0.3) is 0 Å². The van der Waals surface area contributed by atoms with Crippen LogP contribution in [-0.2, 0) is 6.54 Å². The number of hydrogen-bond donors (Lipinski definition) is 1. The van der Waals surface area contributed by atoms with Crippen LogP contribution in [0, 0.1) is 0 Å². The Morgan fingerprint density at radius 3 is 2.94 bits per heavy atom. The summed E-state index contributed by atoms with van der Waals surface area (Å²) in [5.74, 6) is -0.223. The summed E-state index contributed by atoms with van der Waals surface area (Å²) >= 11 is 0. The van der Waals surface area contributed by atoms with Crippen LogP contribution in [0.4, 0.5) is 10.1 Å². The van der Waals surface area contributed by atoms with Crippen molar-refractivity contribution < 1.29 is 9.18 Å². The third-order valence-electron chi connectivity index (χ3n) is 2.74. The molecule has 5 heteroatoms. The number of hydrazine groups is 1. The first-order valence-corrected chi connectivity index (χ1v) is 5.11. The van der Waals surface area contributed by atoms with E-state index in [1.165, 1.54) is 5.01 Å². The zero-order chi connectivity index (χ0) is 11.7. The number of amides is 1. The number of nitrogens with zero attached hydrogens (tertiary/aromatic N) is 2. The molecule has 0 bridgehead atoms. The molecular weight excluding hydrogens is 209 g/mol. The van der Waals surface area contributed by atoms with Crippen LogP contribution in [0.2, 0.25) is 0 Å². The fraction of sp³-hybridized carbons (Fsp3) is 0.364. The maximum Gasteiger partial charge on any atom is 0.270 e. The Morgan fingerprint density at radius 2 is 2.25 bits per heavy atom. The third-order valence-corrected chi connectivity index (χ3v) is 2.74. The van der Waals surface area contributed by atoms with Crippen LogP contribution in [0.5, 0.6) is 0 Å². The largest absolute Gasteiger partial charge is 0.398 e. The molecule has 1 aliphatic rings. The zero-order valence-electron chi connectivity index (χ0n) is 9.11. The molecule has 16 heavy (non-hydrogen) atoms. The molecule has 0 atom stereocenters. The highest BCUT2D eigenvalue weighted by molar-refractivity contribution is 6.01. The summed E-state index contributed by atoms with van der Waals surface area (Å²) < 4.78 is 12.3. The fourth-order valence-electron chi connectivity index (χ4n) is 1.98. The Kier molecular flexibility index (Phi) is 2.78. The first-order valence-electron chi connectivity index (χ1n) is 5.11. The molecule has 0 spiro atoms. The van der Waals surface area contributed by atoms with Crippen molar-refractivity contribution in [1.82, 2.24) is 10.0 Å². The molecule has 1 amide bonds. The summed E-state index contributed by atoms with van der Waals surface area (Å²) in [6.07, 6.45) is 0. The molecule has 0 radical (unpaired) electrons. The van der Waals surface area contributed by atoms with Gasteiger partial charge in [0.1, 0.15) is 6.67 Å². The molecule has 0 fully saturated rings. The van der Waals surface area contributed by atoms with Gasteiger partial charge in [0.05, 0.1) is 12.1 Å². The van der Waals surface area contributed by atoms with Crippen molar-refractivity contribution in [2.45, 2.75) is 6.54 Å². The molecule has 2 N–H and O–H groups in total. The Labute approximate surface area is 93.4 Å². The highest BCUT2D eigenvalue weighted by atomic mass is 19.1. The van der Waals surface area contributed by atoms with Gasteiger partial charge in [-0.05, 0) is 11.6 Å². The maximum atomic E-state index is 12.3. The van der Waals surface area contributed by atoms with Gasteiger partial charge in [0.15, 0.2) is 0 Å². The molecule has 0 unspecified atom stereocenters. The molecule has 4 nitrogen and oxygen atoms in total. The summed E-state index contributed by atoms with van der Waals surface area (Å²) in [5.41, 5.74) is 7.63. The van der Waals surface area contributed by atoms with Gasteiger partial charge in [0, 0.05) is 19.3 Å². The summed E-state index contributed by atoms with van der Waals surface area (Å²) in [5, 5.41) is 3.10. The van der Waals surface area contributed by atoms with Gasteiger partial charge in [0.25, 0.3) is 5.91 Å². The highest BCUT2D eigenvalue weighted by Crippen LogP contribution is 2.25. The highest BCUT2D eigenvalue weighted by Gasteiger charge is 2.29. The summed E-state index contributed by atoms with van der Waals surface area (Å²) in [6, 6.07) is 5.38. The van der Waals surface area contributed by atoms with Crippen LogP contribution in [0.3, 0.4) is 0 Å². The Balaban J connectivity index is 2.42. The number of nitrogens with two attached hydrogens (primary N) is 1. The van der Waals surface area contributed by atoms with E-state index in [0.717, 1.165) is 5.56 Å². The lowest BCUT2D eigenvalue weighted by atomic mass is 10.0. The molecule has 86 valence electrons. The summed E-state index contributed by atoms with van der Waals surface area (Å²) in [7, 11) is 1.76. The van der Waals surface area contributed by atoms with Gasteiger partial charge >= 0.3 is 0 Å². The van der Waals surface area contributed by atoms with E-state index >= 15 is 0 Å². The predicted octanol–water partition coefficient (Wildman–Crippen LogP) is 1.04. The van der Waals surface area contributed by atoms with Crippen molar-refractivity contribution in [2.24, 2.45) is 0 Å². The van der Waals surface area contributed by atoms with Crippen molar-refractivity contribution in [3.05, 3.63) is 29.3 Å². The number of nitrogen functional groups attached to an aromatic ring is 1. The number of rotatable bonds is 2. The Bertz CT molecular complexity index is 422. The van der Waals surface area contributed by atoms with Crippen LogP contribution >= 0.6 is 0 Å². The van der Waals surface area contributed by atoms with E-state index in [-0.39, 0.29) is 12.5 Å². The van der Waals surface area contributed by atoms with Gasteiger partial charge in [-0.2, -0.15) is 0 Å². The first kappa shape index (κ1) is 10.9. The minimum Gasteiger partial charge on any atom is -0.398 e. The van der Waals surface area contributed by atoms with Gasteiger partial charge in [-0.1, -0.05) is 12.1 Å². The quantitative estimate of drug-likeness (QED) is 0.762. The van der Waals surface area contributed by atoms with Crippen molar-refractivity contribution >= 4 is 11.6 Å². The molecule has 0 saturated carbocycles. The van der Waals surface area contributed by atoms with E-state index in [2.05, 4.69) is 0 Å². The van der Waals surface area contributed by atoms with Crippen molar-refractivity contribution in [1.29, 1.82) is 0 Å². The summed E-state index contributed by atoms with van der Waals surface area (Å²) in [6.45, 7) is 0.0906. The van der Waals surface area contributed by atoms with Crippen LogP contribution in [-0.4, -0.2) is 36.2 Å². The van der Waals surface area contributed by atoms with Crippen LogP contribution < -0.4 is 5.73 Å². The minimum atomic E-state index is -0.557. The van der Waals surface area contributed by atoms with E-state index in [1.807, 2.05) is 12.1 Å². The molecule has 0 aliphatic carbocycles. The standard InChI is InChI=1S/C11H14FN3O/c1-14-7-8-3-2-4-9(13)10(8)11(16)15(14)6-5-12/h2-4H,5-7,13H2,1H3. The normalized spacial score (nSPS) is 16.4. The predicted molar refractivity (Wildman–Crippen MR) is 59.3 cm³/mol. The number of fused-ring (bicyclic) bond motifs is 1. The minimum absolute atomic E-state index is 0.0725. The molecule has 1 aromatic rings. The van der Waals surface area contributed by atoms with Crippen molar-refractivity contribution in [2.75, 3.05) is 26.0 Å². The lowest BCUT2D eigenvalue weighted by Gasteiger charge is -2.36. The number of halogens is 1. The van der Waals surface area contributed by atoms with Crippen molar-refractivity contribution in [3.63, 3.8) is 0 Å². The number of carbonyl (C=O) groups excluding carboxylic acids is 1. The molecule has 1 aliphatic heterocycles. The molecule has 1 aromatic carbocycles. The molecule has 1 heterocycles. The maximum absolute atomic E-state index is 12.3. The molecular formula is C11H14FN3O. The SMILES string of the molecule is CN1Cc2cccc(N)c2C(=O)N1CCF. The van der Waals surface area contributed by atoms with Crippen LogP contribution in [0.1, 0.15) is 15.9 Å². The van der Waals surface area contributed by atoms with E-state index in [4.69, 9.17) is 5.73 Å². The van der Waals surface area contributed by atoms with Gasteiger partial charge < -0.3 is 5.73 Å². The number of alkyl halides is 1. The average molecular weight is 223 g/mol. The van der Waals surface area contributed by atoms with Gasteiger partial charge in [-0.25, -0.2) is 9.40 Å². The van der Waals surface area contributed by atoms with E-state index in [1.54, 1.807) is 18.1 Å². The first-order chi connectivity index (χ1) is 7.65. The average Bonchev–Trinajstić information content (AvgIpc) is 2.24. The lowest BCUT2D eigenvalue weighted by molar-refractivity contribution is -0.00822. The number of carbonyl (C=O) groups is 1. The number of benzene rings is 1. The van der Waals surface area contributed by atoms with Gasteiger partial charge in [-0.3, -0.25) is 9.80 Å². The number of hydrogen-bond acceptors (Lipinski definition) is 3. The number of anilines is 1. The fourth-order valence-corrected chi connectivity index (χ4v) is 1.98. The second-order valence-electron chi connectivity index (χ2n) is 3.81. The summed E-state index contributed by atoms with van der Waals surface area (Å²) in [4.78, 5) is 12.1. The third kappa shape index (κ3) is 1.63. The molecule has 2 rings (SSSR count). The zero-order valence-corrected chi connectivity index (χ0v) is 9.11.